The van der Waals surface area contributed by atoms with Crippen molar-refractivity contribution in [2.24, 2.45) is 0 Å². The van der Waals surface area contributed by atoms with E-state index in [0.29, 0.717) is 6.54 Å². The molecule has 1 heterocycles. The maximum atomic E-state index is 5.91. The van der Waals surface area contributed by atoms with E-state index in [4.69, 9.17) is 11.6 Å². The van der Waals surface area contributed by atoms with Crippen molar-refractivity contribution in [2.75, 3.05) is 17.2 Å². The Morgan fingerprint density at radius 1 is 1.14 bits per heavy atom. The zero-order valence-corrected chi connectivity index (χ0v) is 14.2. The molecule has 0 aliphatic heterocycles. The molecule has 0 atom stereocenters. The molecule has 0 aliphatic carbocycles. The summed E-state index contributed by atoms with van der Waals surface area (Å²) in [4.78, 5) is 8.40. The number of aryl methyl sites for hydroxylation is 2. The molecule has 5 heteroatoms. The quantitative estimate of drug-likeness (QED) is 0.580. The standard InChI is InChI=1S/C17H23ClN4/c1-4-5-9-19-16-14(11-21-17(18)22-16)10-20-15-12(2)7-6-8-13(15)3/h6-8,11,20H,4-5,9-10H2,1-3H3,(H,19,21,22). The first-order valence-corrected chi connectivity index (χ1v) is 8.05. The number of hydrogen-bond donors (Lipinski definition) is 2. The topological polar surface area (TPSA) is 49.8 Å². The maximum absolute atomic E-state index is 5.91. The second kappa shape index (κ2) is 7.99. The fraction of sp³-hybridized carbons (Fsp3) is 0.412. The molecule has 0 amide bonds. The molecule has 0 fully saturated rings. The van der Waals surface area contributed by atoms with E-state index in [1.807, 2.05) is 0 Å². The van der Waals surface area contributed by atoms with E-state index in [9.17, 15) is 0 Å². The van der Waals surface area contributed by atoms with Gasteiger partial charge in [0, 0.05) is 30.5 Å². The number of benzene rings is 1. The molecular formula is C17H23ClN4. The van der Waals surface area contributed by atoms with E-state index in [1.165, 1.54) is 11.1 Å². The second-order valence-electron chi connectivity index (χ2n) is 5.41. The molecule has 1 aromatic carbocycles. The van der Waals surface area contributed by atoms with Crippen molar-refractivity contribution >= 4 is 23.1 Å². The maximum Gasteiger partial charge on any atom is 0.224 e. The molecule has 4 nitrogen and oxygen atoms in total. The van der Waals surface area contributed by atoms with Crippen molar-refractivity contribution in [1.29, 1.82) is 0 Å². The Labute approximate surface area is 137 Å². The molecule has 0 saturated heterocycles. The summed E-state index contributed by atoms with van der Waals surface area (Å²) in [7, 11) is 0. The Bertz CT molecular complexity index is 608. The van der Waals surface area contributed by atoms with Crippen LogP contribution in [0, 0.1) is 13.8 Å². The highest BCUT2D eigenvalue weighted by atomic mass is 35.5. The van der Waals surface area contributed by atoms with Crippen LogP contribution in [0.4, 0.5) is 11.5 Å². The van der Waals surface area contributed by atoms with E-state index in [1.54, 1.807) is 6.20 Å². The molecule has 0 radical (unpaired) electrons. The van der Waals surface area contributed by atoms with Gasteiger partial charge >= 0.3 is 0 Å². The van der Waals surface area contributed by atoms with Crippen LogP contribution in [0.1, 0.15) is 36.5 Å². The van der Waals surface area contributed by atoms with Crippen molar-refractivity contribution < 1.29 is 0 Å². The summed E-state index contributed by atoms with van der Waals surface area (Å²) >= 11 is 5.91. The van der Waals surface area contributed by atoms with Crippen LogP contribution >= 0.6 is 11.6 Å². The van der Waals surface area contributed by atoms with E-state index >= 15 is 0 Å². The fourth-order valence-corrected chi connectivity index (χ4v) is 2.46. The lowest BCUT2D eigenvalue weighted by atomic mass is 10.1. The lowest BCUT2D eigenvalue weighted by Crippen LogP contribution is -2.10. The minimum Gasteiger partial charge on any atom is -0.380 e. The Hall–Kier alpha value is -1.81. The summed E-state index contributed by atoms with van der Waals surface area (Å²) in [6, 6.07) is 6.28. The number of aromatic nitrogens is 2. The van der Waals surface area contributed by atoms with Crippen molar-refractivity contribution in [1.82, 2.24) is 9.97 Å². The molecule has 2 rings (SSSR count). The number of nitrogens with one attached hydrogen (secondary N) is 2. The Morgan fingerprint density at radius 2 is 1.86 bits per heavy atom. The van der Waals surface area contributed by atoms with Gasteiger partial charge in [0.15, 0.2) is 0 Å². The van der Waals surface area contributed by atoms with Crippen molar-refractivity contribution in [3.63, 3.8) is 0 Å². The highest BCUT2D eigenvalue weighted by Crippen LogP contribution is 2.22. The zero-order valence-electron chi connectivity index (χ0n) is 13.4. The second-order valence-corrected chi connectivity index (χ2v) is 5.75. The number of nitrogens with zero attached hydrogens (tertiary/aromatic N) is 2. The van der Waals surface area contributed by atoms with Gasteiger partial charge in [-0.2, -0.15) is 0 Å². The van der Waals surface area contributed by atoms with Gasteiger partial charge in [0.25, 0.3) is 0 Å². The van der Waals surface area contributed by atoms with Gasteiger partial charge in [-0.1, -0.05) is 31.5 Å². The molecule has 0 unspecified atom stereocenters. The SMILES string of the molecule is CCCCNc1nc(Cl)ncc1CNc1c(C)cccc1C. The van der Waals surface area contributed by atoms with Crippen LogP contribution in [0.2, 0.25) is 5.28 Å². The largest absolute Gasteiger partial charge is 0.380 e. The fourth-order valence-electron chi connectivity index (χ4n) is 2.33. The molecular weight excluding hydrogens is 296 g/mol. The number of anilines is 2. The molecule has 1 aromatic heterocycles. The third-order valence-electron chi connectivity index (χ3n) is 3.59. The van der Waals surface area contributed by atoms with Crippen molar-refractivity contribution in [3.05, 3.63) is 46.4 Å². The summed E-state index contributed by atoms with van der Waals surface area (Å²) in [5.41, 5.74) is 4.64. The van der Waals surface area contributed by atoms with Crippen molar-refractivity contribution in [3.8, 4) is 0 Å². The number of unbranched alkanes of at least 4 members (excludes halogenated alkanes) is 1. The first kappa shape index (κ1) is 16.6. The zero-order chi connectivity index (χ0) is 15.9. The van der Waals surface area contributed by atoms with Gasteiger partial charge in [0.1, 0.15) is 5.82 Å². The smallest absolute Gasteiger partial charge is 0.224 e. The molecule has 0 aliphatic rings. The van der Waals surface area contributed by atoms with Crippen LogP contribution in [-0.4, -0.2) is 16.5 Å². The predicted octanol–water partition coefficient (Wildman–Crippen LogP) is 4.57. The summed E-state index contributed by atoms with van der Waals surface area (Å²) in [5, 5.41) is 7.10. The molecule has 2 aromatic rings. The molecule has 0 saturated carbocycles. The van der Waals surface area contributed by atoms with Gasteiger partial charge < -0.3 is 10.6 Å². The van der Waals surface area contributed by atoms with Crippen LogP contribution in [0.25, 0.3) is 0 Å². The molecule has 2 N–H and O–H groups in total. The number of hydrogen-bond acceptors (Lipinski definition) is 4. The average molecular weight is 319 g/mol. The van der Waals surface area contributed by atoms with Crippen LogP contribution < -0.4 is 10.6 Å². The third kappa shape index (κ3) is 4.34. The predicted molar refractivity (Wildman–Crippen MR) is 93.7 cm³/mol. The van der Waals surface area contributed by atoms with Gasteiger partial charge in [-0.3, -0.25) is 0 Å². The third-order valence-corrected chi connectivity index (χ3v) is 3.78. The Morgan fingerprint density at radius 3 is 2.55 bits per heavy atom. The first-order chi connectivity index (χ1) is 10.6. The lowest BCUT2D eigenvalue weighted by Gasteiger charge is -2.15. The molecule has 0 spiro atoms. The van der Waals surface area contributed by atoms with Crippen LogP contribution in [-0.2, 0) is 6.54 Å². The van der Waals surface area contributed by atoms with Crippen molar-refractivity contribution in [2.45, 2.75) is 40.2 Å². The van der Waals surface area contributed by atoms with E-state index in [2.05, 4.69) is 59.6 Å². The monoisotopic (exact) mass is 318 g/mol. The van der Waals surface area contributed by atoms with Gasteiger partial charge in [-0.15, -0.1) is 0 Å². The van der Waals surface area contributed by atoms with Gasteiger partial charge in [-0.25, -0.2) is 9.97 Å². The normalized spacial score (nSPS) is 10.5. The highest BCUT2D eigenvalue weighted by molar-refractivity contribution is 6.28. The average Bonchev–Trinajstić information content (AvgIpc) is 2.49. The van der Waals surface area contributed by atoms with Gasteiger partial charge in [-0.05, 0) is 43.0 Å². The minimum absolute atomic E-state index is 0.273. The highest BCUT2D eigenvalue weighted by Gasteiger charge is 2.08. The van der Waals surface area contributed by atoms with E-state index in [0.717, 1.165) is 36.5 Å². The Kier molecular flexibility index (Phi) is 6.01. The molecule has 0 bridgehead atoms. The minimum atomic E-state index is 0.273. The van der Waals surface area contributed by atoms with Crippen LogP contribution in [0.5, 0.6) is 0 Å². The van der Waals surface area contributed by atoms with Crippen LogP contribution in [0.15, 0.2) is 24.4 Å². The summed E-state index contributed by atoms with van der Waals surface area (Å²) in [6.45, 7) is 7.93. The number of para-hydroxylation sites is 1. The van der Waals surface area contributed by atoms with E-state index < -0.39 is 0 Å². The summed E-state index contributed by atoms with van der Waals surface area (Å²) < 4.78 is 0. The molecule has 118 valence electrons. The number of rotatable bonds is 7. The lowest BCUT2D eigenvalue weighted by molar-refractivity contribution is 0.827. The Balaban J connectivity index is 2.12. The van der Waals surface area contributed by atoms with E-state index in [-0.39, 0.29) is 5.28 Å². The van der Waals surface area contributed by atoms with Crippen LogP contribution in [0.3, 0.4) is 0 Å². The van der Waals surface area contributed by atoms with Gasteiger partial charge in [0.05, 0.1) is 0 Å². The summed E-state index contributed by atoms with van der Waals surface area (Å²) in [6.07, 6.45) is 4.03. The molecule has 22 heavy (non-hydrogen) atoms. The number of halogens is 1. The summed E-state index contributed by atoms with van der Waals surface area (Å²) in [5.74, 6) is 0.812. The van der Waals surface area contributed by atoms with Gasteiger partial charge in [0.2, 0.25) is 5.28 Å². The first-order valence-electron chi connectivity index (χ1n) is 7.67.